The summed E-state index contributed by atoms with van der Waals surface area (Å²) in [5.41, 5.74) is 2.60. The fourth-order valence-electron chi connectivity index (χ4n) is 2.80. The number of nitrogens with one attached hydrogen (secondary N) is 1. The normalized spacial score (nSPS) is 11.0. The van der Waals surface area contributed by atoms with Crippen molar-refractivity contribution in [3.8, 4) is 17.4 Å². The molecule has 0 amide bonds. The Labute approximate surface area is 143 Å². The Morgan fingerprint density at radius 2 is 1.84 bits per heavy atom. The predicted molar refractivity (Wildman–Crippen MR) is 95.5 cm³/mol. The van der Waals surface area contributed by atoms with Gasteiger partial charge in [0, 0.05) is 12.4 Å². The highest BCUT2D eigenvalue weighted by molar-refractivity contribution is 5.79. The van der Waals surface area contributed by atoms with Gasteiger partial charge in [0.15, 0.2) is 0 Å². The molecule has 0 aliphatic rings. The Kier molecular flexibility index (Phi) is 3.57. The third kappa shape index (κ3) is 3.01. The summed E-state index contributed by atoms with van der Waals surface area (Å²) in [6, 6.07) is 13.0. The van der Waals surface area contributed by atoms with Gasteiger partial charge in [0.2, 0.25) is 5.95 Å². The molecule has 0 atom stereocenters. The van der Waals surface area contributed by atoms with Gasteiger partial charge in [-0.05, 0) is 61.4 Å². The Hall–Kier alpha value is -3.41. The molecular formula is C19H16N4O2. The maximum atomic E-state index is 12.4. The van der Waals surface area contributed by atoms with E-state index in [1.807, 2.05) is 26.0 Å². The van der Waals surface area contributed by atoms with Crippen molar-refractivity contribution in [1.29, 1.82) is 0 Å². The minimum Gasteiger partial charge on any atom is -0.457 e. The molecule has 2 heterocycles. The number of hydrogen-bond donors (Lipinski definition) is 1. The third-order valence-corrected chi connectivity index (χ3v) is 3.82. The van der Waals surface area contributed by atoms with Crippen LogP contribution in [0.2, 0.25) is 0 Å². The Morgan fingerprint density at radius 1 is 1.04 bits per heavy atom. The summed E-state index contributed by atoms with van der Waals surface area (Å²) < 4.78 is 7.42. The molecule has 0 fully saturated rings. The zero-order valence-corrected chi connectivity index (χ0v) is 13.9. The molecule has 0 aliphatic carbocycles. The van der Waals surface area contributed by atoms with Crippen molar-refractivity contribution in [2.45, 2.75) is 13.8 Å². The number of rotatable bonds is 3. The van der Waals surface area contributed by atoms with Crippen molar-refractivity contribution in [3.05, 3.63) is 76.3 Å². The molecule has 2 aromatic carbocycles. The number of aryl methyl sites for hydroxylation is 2. The van der Waals surface area contributed by atoms with Crippen LogP contribution >= 0.6 is 0 Å². The summed E-state index contributed by atoms with van der Waals surface area (Å²) >= 11 is 0. The zero-order valence-electron chi connectivity index (χ0n) is 13.9. The maximum absolute atomic E-state index is 12.4. The van der Waals surface area contributed by atoms with Crippen molar-refractivity contribution < 1.29 is 4.74 Å². The zero-order chi connectivity index (χ0) is 17.4. The van der Waals surface area contributed by atoms with Crippen LogP contribution in [0.3, 0.4) is 0 Å². The maximum Gasteiger partial charge on any atom is 0.260 e. The van der Waals surface area contributed by atoms with E-state index in [-0.39, 0.29) is 5.56 Å². The first-order chi connectivity index (χ1) is 12.1. The molecule has 4 aromatic rings. The Balaban J connectivity index is 1.74. The van der Waals surface area contributed by atoms with Crippen LogP contribution in [-0.4, -0.2) is 19.7 Å². The van der Waals surface area contributed by atoms with Crippen LogP contribution in [-0.2, 0) is 0 Å². The van der Waals surface area contributed by atoms with Crippen molar-refractivity contribution in [2.75, 3.05) is 0 Å². The van der Waals surface area contributed by atoms with Crippen LogP contribution < -0.4 is 10.3 Å². The van der Waals surface area contributed by atoms with E-state index in [1.54, 1.807) is 36.7 Å². The predicted octanol–water partition coefficient (Wildman–Crippen LogP) is 3.52. The first kappa shape index (κ1) is 15.1. The Morgan fingerprint density at radius 3 is 2.56 bits per heavy atom. The molecule has 124 valence electrons. The van der Waals surface area contributed by atoms with Crippen LogP contribution in [0.25, 0.3) is 16.9 Å². The summed E-state index contributed by atoms with van der Waals surface area (Å²) in [6.45, 7) is 4.04. The molecular weight excluding hydrogens is 316 g/mol. The second-order valence-corrected chi connectivity index (χ2v) is 5.94. The summed E-state index contributed by atoms with van der Waals surface area (Å²) in [5, 5.41) is 4.55. The van der Waals surface area contributed by atoms with E-state index < -0.39 is 0 Å². The van der Waals surface area contributed by atoms with Crippen LogP contribution in [0.1, 0.15) is 11.1 Å². The number of H-pyrrole nitrogens is 1. The molecule has 0 bridgehead atoms. The van der Waals surface area contributed by atoms with E-state index in [0.29, 0.717) is 22.6 Å². The van der Waals surface area contributed by atoms with Crippen molar-refractivity contribution in [2.24, 2.45) is 0 Å². The average Bonchev–Trinajstić information content (AvgIpc) is 3.09. The molecule has 0 spiro atoms. The first-order valence-electron chi connectivity index (χ1n) is 7.89. The van der Waals surface area contributed by atoms with Gasteiger partial charge in [-0.25, -0.2) is 9.67 Å². The van der Waals surface area contributed by atoms with E-state index in [9.17, 15) is 4.79 Å². The minimum absolute atomic E-state index is 0.235. The van der Waals surface area contributed by atoms with Gasteiger partial charge < -0.3 is 4.74 Å². The van der Waals surface area contributed by atoms with E-state index in [0.717, 1.165) is 16.9 Å². The summed E-state index contributed by atoms with van der Waals surface area (Å²) in [7, 11) is 0. The number of ether oxygens (including phenoxy) is 1. The van der Waals surface area contributed by atoms with Gasteiger partial charge >= 0.3 is 0 Å². The van der Waals surface area contributed by atoms with E-state index >= 15 is 0 Å². The minimum atomic E-state index is -0.235. The van der Waals surface area contributed by atoms with Gasteiger partial charge in [-0.15, -0.1) is 0 Å². The molecule has 0 saturated heterocycles. The second-order valence-electron chi connectivity index (χ2n) is 5.94. The summed E-state index contributed by atoms with van der Waals surface area (Å²) in [5.74, 6) is 1.72. The first-order valence-corrected chi connectivity index (χ1v) is 7.89. The summed E-state index contributed by atoms with van der Waals surface area (Å²) in [4.78, 5) is 19.6. The quantitative estimate of drug-likeness (QED) is 0.623. The van der Waals surface area contributed by atoms with Crippen LogP contribution in [0.4, 0.5) is 0 Å². The number of benzene rings is 2. The van der Waals surface area contributed by atoms with Gasteiger partial charge in [0.1, 0.15) is 11.5 Å². The molecule has 0 unspecified atom stereocenters. The van der Waals surface area contributed by atoms with Crippen molar-refractivity contribution in [1.82, 2.24) is 19.7 Å². The third-order valence-electron chi connectivity index (χ3n) is 3.82. The lowest BCUT2D eigenvalue weighted by Crippen LogP contribution is -2.13. The fraction of sp³-hybridized carbons (Fsp3) is 0.105. The number of aromatic nitrogens is 4. The van der Waals surface area contributed by atoms with Crippen molar-refractivity contribution >= 4 is 10.9 Å². The molecule has 6 nitrogen and oxygen atoms in total. The highest BCUT2D eigenvalue weighted by atomic mass is 16.5. The lowest BCUT2D eigenvalue weighted by molar-refractivity contribution is 0.482. The average molecular weight is 332 g/mol. The lowest BCUT2D eigenvalue weighted by Gasteiger charge is -2.09. The van der Waals surface area contributed by atoms with Crippen LogP contribution in [0, 0.1) is 13.8 Å². The second kappa shape index (κ2) is 5.90. The molecule has 25 heavy (non-hydrogen) atoms. The van der Waals surface area contributed by atoms with E-state index in [2.05, 4.69) is 21.1 Å². The molecule has 2 aromatic heterocycles. The van der Waals surface area contributed by atoms with Gasteiger partial charge in [0.25, 0.3) is 5.56 Å². The molecule has 6 heteroatoms. The molecule has 1 N–H and O–H groups in total. The van der Waals surface area contributed by atoms with E-state index in [1.165, 1.54) is 4.68 Å². The van der Waals surface area contributed by atoms with Crippen LogP contribution in [0.5, 0.6) is 11.5 Å². The topological polar surface area (TPSA) is 72.8 Å². The SMILES string of the molecule is Cc1cc(C)cc(Oc2ccc3nc(-n4cccn4)[nH]c(=O)c3c2)c1. The monoisotopic (exact) mass is 332 g/mol. The number of nitrogens with zero attached hydrogens (tertiary/aromatic N) is 3. The highest BCUT2D eigenvalue weighted by Crippen LogP contribution is 2.25. The van der Waals surface area contributed by atoms with Gasteiger partial charge in [-0.1, -0.05) is 6.07 Å². The smallest absolute Gasteiger partial charge is 0.260 e. The Bertz CT molecular complexity index is 1090. The number of aromatic amines is 1. The molecule has 0 aliphatic heterocycles. The number of hydrogen-bond acceptors (Lipinski definition) is 4. The van der Waals surface area contributed by atoms with Crippen LogP contribution in [0.15, 0.2) is 59.7 Å². The number of fused-ring (bicyclic) bond motifs is 1. The largest absolute Gasteiger partial charge is 0.457 e. The van der Waals surface area contributed by atoms with Gasteiger partial charge in [-0.2, -0.15) is 5.10 Å². The highest BCUT2D eigenvalue weighted by Gasteiger charge is 2.08. The standard InChI is InChI=1S/C19H16N4O2/c1-12-8-13(2)10-15(9-12)25-14-4-5-17-16(11-14)18(24)22-19(21-17)23-7-3-6-20-23/h3-11H,1-2H3,(H,21,22,24). The van der Waals surface area contributed by atoms with Gasteiger partial charge in [-0.3, -0.25) is 9.78 Å². The van der Waals surface area contributed by atoms with E-state index in [4.69, 9.17) is 4.74 Å². The van der Waals surface area contributed by atoms with Crippen molar-refractivity contribution in [3.63, 3.8) is 0 Å². The fourth-order valence-corrected chi connectivity index (χ4v) is 2.80. The molecule has 4 rings (SSSR count). The van der Waals surface area contributed by atoms with Gasteiger partial charge in [0.05, 0.1) is 10.9 Å². The molecule has 0 radical (unpaired) electrons. The molecule has 0 saturated carbocycles. The summed E-state index contributed by atoms with van der Waals surface area (Å²) in [6.07, 6.45) is 3.35. The lowest BCUT2D eigenvalue weighted by atomic mass is 10.1.